The molecule has 24 heavy (non-hydrogen) atoms. The third kappa shape index (κ3) is 3.13. The molecule has 1 N–H and O–H groups in total. The second-order valence-corrected chi connectivity index (χ2v) is 7.23. The number of hydrogen-bond donors (Lipinski definition) is 1. The van der Waals surface area contributed by atoms with Crippen LogP contribution in [0.15, 0.2) is 52.1 Å². The summed E-state index contributed by atoms with van der Waals surface area (Å²) in [5.74, 6) is 0.0972. The first-order valence-electron chi connectivity index (χ1n) is 7.33. The Balaban J connectivity index is 1.42. The number of hydrogen-bond acceptors (Lipinski definition) is 6. The van der Waals surface area contributed by atoms with Crippen molar-refractivity contribution in [3.05, 3.63) is 48.0 Å². The fourth-order valence-corrected chi connectivity index (χ4v) is 3.79. The van der Waals surface area contributed by atoms with E-state index in [0.29, 0.717) is 10.4 Å². The predicted molar refractivity (Wildman–Crippen MR) is 97.7 cm³/mol. The highest BCUT2D eigenvalue weighted by Crippen LogP contribution is 2.27. The van der Waals surface area contributed by atoms with Crippen molar-refractivity contribution >= 4 is 55.5 Å². The van der Waals surface area contributed by atoms with Crippen LogP contribution in [0.1, 0.15) is 5.56 Å². The number of carbonyl (C=O) groups is 1. The number of anilines is 1. The van der Waals surface area contributed by atoms with E-state index in [1.807, 2.05) is 49.4 Å². The van der Waals surface area contributed by atoms with Crippen molar-refractivity contribution in [3.8, 4) is 0 Å². The van der Waals surface area contributed by atoms with Crippen LogP contribution >= 0.6 is 23.1 Å². The molecule has 0 unspecified atom stereocenters. The molecule has 0 fully saturated rings. The normalized spacial score (nSPS) is 11.2. The molecule has 0 saturated heterocycles. The molecule has 0 bridgehead atoms. The smallest absolute Gasteiger partial charge is 0.257 e. The maximum atomic E-state index is 12.1. The lowest BCUT2D eigenvalue weighted by molar-refractivity contribution is -0.113. The molecule has 120 valence electrons. The quantitative estimate of drug-likeness (QED) is 0.547. The van der Waals surface area contributed by atoms with Crippen LogP contribution in [0.25, 0.3) is 21.3 Å². The Morgan fingerprint density at radius 3 is 2.96 bits per heavy atom. The molecule has 2 heterocycles. The van der Waals surface area contributed by atoms with E-state index in [0.717, 1.165) is 26.9 Å². The van der Waals surface area contributed by atoms with Gasteiger partial charge in [-0.3, -0.25) is 4.79 Å². The highest BCUT2D eigenvalue weighted by molar-refractivity contribution is 7.99. The third-order valence-corrected chi connectivity index (χ3v) is 5.17. The largest absolute Gasteiger partial charge is 0.431 e. The standard InChI is InChI=1S/C17H13N3O2S2/c1-10-6-7-14-12(8-10)18-16(24-14)20-15(21)9-23-17-19-11-4-2-3-5-13(11)22-17/h2-8H,9H2,1H3,(H,18,20,21). The van der Waals surface area contributed by atoms with Crippen LogP contribution in [0, 0.1) is 6.92 Å². The number of benzene rings is 2. The molecule has 4 aromatic rings. The van der Waals surface area contributed by atoms with Crippen molar-refractivity contribution in [1.82, 2.24) is 9.97 Å². The molecule has 7 heteroatoms. The highest BCUT2D eigenvalue weighted by Gasteiger charge is 2.11. The fourth-order valence-electron chi connectivity index (χ4n) is 2.29. The SMILES string of the molecule is Cc1ccc2sc(NC(=O)CSc3nc4ccccc4o3)nc2c1. The monoisotopic (exact) mass is 355 g/mol. The van der Waals surface area contributed by atoms with Crippen LogP contribution in [-0.2, 0) is 4.79 Å². The molecule has 5 nitrogen and oxygen atoms in total. The second-order valence-electron chi connectivity index (χ2n) is 5.27. The summed E-state index contributed by atoms with van der Waals surface area (Å²) in [6, 6.07) is 13.6. The summed E-state index contributed by atoms with van der Waals surface area (Å²) in [5.41, 5.74) is 3.57. The summed E-state index contributed by atoms with van der Waals surface area (Å²) in [4.78, 5) is 20.9. The number of para-hydroxylation sites is 2. The first kappa shape index (κ1) is 15.2. The van der Waals surface area contributed by atoms with Crippen molar-refractivity contribution in [2.75, 3.05) is 11.1 Å². The molecule has 0 radical (unpaired) electrons. The minimum atomic E-state index is -0.127. The number of carbonyl (C=O) groups excluding carboxylic acids is 1. The first-order chi connectivity index (χ1) is 11.7. The van der Waals surface area contributed by atoms with Crippen molar-refractivity contribution in [2.45, 2.75) is 12.1 Å². The summed E-state index contributed by atoms with van der Waals surface area (Å²) in [7, 11) is 0. The van der Waals surface area contributed by atoms with Gasteiger partial charge in [-0.05, 0) is 36.8 Å². The predicted octanol–water partition coefficient (Wildman–Crippen LogP) is 4.48. The van der Waals surface area contributed by atoms with Gasteiger partial charge in [-0.1, -0.05) is 41.3 Å². The summed E-state index contributed by atoms with van der Waals surface area (Å²) in [6.45, 7) is 2.02. The van der Waals surface area contributed by atoms with Gasteiger partial charge in [0, 0.05) is 0 Å². The van der Waals surface area contributed by atoms with E-state index in [-0.39, 0.29) is 11.7 Å². The van der Waals surface area contributed by atoms with E-state index in [1.165, 1.54) is 23.1 Å². The van der Waals surface area contributed by atoms with Crippen molar-refractivity contribution in [2.24, 2.45) is 0 Å². The molecule has 0 saturated carbocycles. The number of rotatable bonds is 4. The lowest BCUT2D eigenvalue weighted by Gasteiger charge is -1.98. The fraction of sp³-hybridized carbons (Fsp3) is 0.118. The van der Waals surface area contributed by atoms with Crippen molar-refractivity contribution in [1.29, 1.82) is 0 Å². The average molecular weight is 355 g/mol. The molecule has 4 rings (SSSR count). The number of thiazole rings is 1. The van der Waals surface area contributed by atoms with Gasteiger partial charge in [0.1, 0.15) is 5.52 Å². The summed E-state index contributed by atoms with van der Waals surface area (Å²) < 4.78 is 6.65. The lowest BCUT2D eigenvalue weighted by atomic mass is 10.2. The summed E-state index contributed by atoms with van der Waals surface area (Å²) in [6.07, 6.45) is 0. The summed E-state index contributed by atoms with van der Waals surface area (Å²) >= 11 is 2.74. The Kier molecular flexibility index (Phi) is 3.95. The Hall–Kier alpha value is -2.38. The number of nitrogens with zero attached hydrogens (tertiary/aromatic N) is 2. The topological polar surface area (TPSA) is 68.0 Å². The van der Waals surface area contributed by atoms with Gasteiger partial charge in [0.15, 0.2) is 10.7 Å². The molecule has 1 amide bonds. The zero-order valence-corrected chi connectivity index (χ0v) is 14.4. The molecular formula is C17H13N3O2S2. The molecule has 2 aromatic carbocycles. The van der Waals surface area contributed by atoms with Gasteiger partial charge >= 0.3 is 0 Å². The maximum absolute atomic E-state index is 12.1. The van der Waals surface area contributed by atoms with Gasteiger partial charge in [-0.2, -0.15) is 0 Å². The molecular weight excluding hydrogens is 342 g/mol. The zero-order chi connectivity index (χ0) is 16.5. The number of thioether (sulfide) groups is 1. The van der Waals surface area contributed by atoms with E-state index in [4.69, 9.17) is 4.42 Å². The minimum Gasteiger partial charge on any atom is -0.431 e. The van der Waals surface area contributed by atoms with Crippen LogP contribution in [0.4, 0.5) is 5.13 Å². The van der Waals surface area contributed by atoms with Gasteiger partial charge in [0.25, 0.3) is 5.22 Å². The number of oxazole rings is 1. The Morgan fingerprint density at radius 1 is 1.21 bits per heavy atom. The van der Waals surface area contributed by atoms with Gasteiger partial charge in [-0.15, -0.1) is 0 Å². The van der Waals surface area contributed by atoms with E-state index in [1.54, 1.807) is 0 Å². The lowest BCUT2D eigenvalue weighted by Crippen LogP contribution is -2.13. The van der Waals surface area contributed by atoms with E-state index < -0.39 is 0 Å². The third-order valence-electron chi connectivity index (χ3n) is 3.39. The number of aryl methyl sites for hydroxylation is 1. The van der Waals surface area contributed by atoms with Gasteiger partial charge in [0.05, 0.1) is 16.0 Å². The molecule has 0 aliphatic heterocycles. The van der Waals surface area contributed by atoms with Gasteiger partial charge in [-0.25, -0.2) is 9.97 Å². The van der Waals surface area contributed by atoms with E-state index in [2.05, 4.69) is 15.3 Å². The molecule has 0 atom stereocenters. The highest BCUT2D eigenvalue weighted by atomic mass is 32.2. The Morgan fingerprint density at radius 2 is 2.08 bits per heavy atom. The maximum Gasteiger partial charge on any atom is 0.257 e. The summed E-state index contributed by atoms with van der Waals surface area (Å²) in [5, 5.41) is 3.93. The number of fused-ring (bicyclic) bond motifs is 2. The molecule has 0 spiro atoms. The van der Waals surface area contributed by atoms with Gasteiger partial charge in [0.2, 0.25) is 5.91 Å². The van der Waals surface area contributed by atoms with Crippen LogP contribution in [0.2, 0.25) is 0 Å². The molecule has 0 aliphatic carbocycles. The van der Waals surface area contributed by atoms with E-state index >= 15 is 0 Å². The van der Waals surface area contributed by atoms with Crippen molar-refractivity contribution in [3.63, 3.8) is 0 Å². The molecule has 2 aromatic heterocycles. The van der Waals surface area contributed by atoms with Gasteiger partial charge < -0.3 is 9.73 Å². The van der Waals surface area contributed by atoms with Crippen molar-refractivity contribution < 1.29 is 9.21 Å². The Bertz CT molecular complexity index is 1010. The number of nitrogens with one attached hydrogen (secondary N) is 1. The minimum absolute atomic E-state index is 0.127. The first-order valence-corrected chi connectivity index (χ1v) is 9.13. The molecule has 0 aliphatic rings. The second kappa shape index (κ2) is 6.26. The number of aromatic nitrogens is 2. The van der Waals surface area contributed by atoms with Crippen LogP contribution in [-0.4, -0.2) is 21.6 Å². The van der Waals surface area contributed by atoms with E-state index in [9.17, 15) is 4.79 Å². The number of amides is 1. The van der Waals surface area contributed by atoms with Crippen LogP contribution in [0.3, 0.4) is 0 Å². The van der Waals surface area contributed by atoms with Crippen LogP contribution < -0.4 is 5.32 Å². The zero-order valence-electron chi connectivity index (χ0n) is 12.8. The Labute approximate surface area is 146 Å². The average Bonchev–Trinajstić information content (AvgIpc) is 3.15. The van der Waals surface area contributed by atoms with Crippen LogP contribution in [0.5, 0.6) is 0 Å².